The molecule has 0 aromatic carbocycles. The summed E-state index contributed by atoms with van der Waals surface area (Å²) in [5, 5.41) is 8.95. The van der Waals surface area contributed by atoms with Crippen LogP contribution >= 0.6 is 0 Å². The highest BCUT2D eigenvalue weighted by molar-refractivity contribution is 5.80. The normalized spacial score (nSPS) is 34.1. The number of fused-ring (bicyclic) bond motifs is 1. The number of rotatable bonds is 5. The van der Waals surface area contributed by atoms with Crippen molar-refractivity contribution in [2.24, 2.45) is 22.7 Å². The van der Waals surface area contributed by atoms with Gasteiger partial charge in [0.2, 0.25) is 0 Å². The molecule has 1 N–H and O–H groups in total. The average Bonchev–Trinajstić information content (AvgIpc) is 2.48. The van der Waals surface area contributed by atoms with Crippen LogP contribution in [0.3, 0.4) is 0 Å². The Morgan fingerprint density at radius 3 is 2.50 bits per heavy atom. The molecule has 2 aliphatic rings. The molecule has 4 heteroatoms. The number of ether oxygens (including phenoxy) is 1. The van der Waals surface area contributed by atoms with Crippen LogP contribution < -0.4 is 0 Å². The second-order valence-electron chi connectivity index (χ2n) is 9.13. The van der Waals surface area contributed by atoms with Gasteiger partial charge < -0.3 is 9.84 Å². The fraction of sp³-hybridized carbons (Fsp3) is 0.727. The van der Waals surface area contributed by atoms with Gasteiger partial charge in [-0.3, -0.25) is 4.79 Å². The van der Waals surface area contributed by atoms with Crippen LogP contribution in [-0.4, -0.2) is 23.1 Å². The van der Waals surface area contributed by atoms with Gasteiger partial charge in [-0.15, -0.1) is 0 Å². The molecule has 0 bridgehead atoms. The molecule has 2 fully saturated rings. The Bertz CT molecular complexity index is 616. The Hall–Kier alpha value is -1.58. The van der Waals surface area contributed by atoms with Crippen molar-refractivity contribution in [3.63, 3.8) is 0 Å². The number of aliphatic carboxylic acids is 1. The van der Waals surface area contributed by atoms with E-state index in [4.69, 9.17) is 9.84 Å². The van der Waals surface area contributed by atoms with Gasteiger partial charge in [-0.2, -0.15) is 0 Å². The van der Waals surface area contributed by atoms with E-state index in [-0.39, 0.29) is 22.9 Å². The first-order chi connectivity index (χ1) is 12.0. The van der Waals surface area contributed by atoms with Crippen LogP contribution in [0.2, 0.25) is 0 Å². The molecule has 0 amide bonds. The predicted molar refractivity (Wildman–Crippen MR) is 103 cm³/mol. The molecule has 0 unspecified atom stereocenters. The number of hydrogen-bond acceptors (Lipinski definition) is 3. The van der Waals surface area contributed by atoms with Crippen LogP contribution in [0.15, 0.2) is 23.8 Å². The van der Waals surface area contributed by atoms with Crippen molar-refractivity contribution in [1.29, 1.82) is 0 Å². The summed E-state index contributed by atoms with van der Waals surface area (Å²) in [5.74, 6) is -0.224. The molecule has 4 nitrogen and oxygen atoms in total. The lowest BCUT2D eigenvalue weighted by Gasteiger charge is -2.60. The minimum Gasteiger partial charge on any atom is -0.478 e. The number of carbonyl (C=O) groups excluding carboxylic acids is 1. The topological polar surface area (TPSA) is 63.6 Å². The second-order valence-corrected chi connectivity index (χ2v) is 9.13. The minimum atomic E-state index is -0.878. The van der Waals surface area contributed by atoms with Gasteiger partial charge in [0.1, 0.15) is 6.10 Å². The first kappa shape index (κ1) is 20.7. The van der Waals surface area contributed by atoms with Crippen molar-refractivity contribution in [3.05, 3.63) is 23.8 Å². The lowest BCUT2D eigenvalue weighted by Crippen LogP contribution is -2.55. The summed E-state index contributed by atoms with van der Waals surface area (Å²) in [6.45, 7) is 14.6. The van der Waals surface area contributed by atoms with E-state index in [0.29, 0.717) is 11.8 Å². The van der Waals surface area contributed by atoms with E-state index < -0.39 is 5.97 Å². The Balaban J connectivity index is 2.23. The number of carboxylic acid groups (broad SMARTS) is 1. The van der Waals surface area contributed by atoms with Gasteiger partial charge in [-0.1, -0.05) is 38.5 Å². The SMILES string of the molecule is C=C1CC[C@H]2C(C)(C)[C@@H](OC(C)=O)CC[C@]2(C)[C@H]1CCC(C)=CC(=O)O. The molecule has 0 saturated heterocycles. The van der Waals surface area contributed by atoms with Crippen LogP contribution in [0.4, 0.5) is 0 Å². The molecule has 146 valence electrons. The minimum absolute atomic E-state index is 0.0290. The number of carboxylic acids is 1. The summed E-state index contributed by atoms with van der Waals surface area (Å²) < 4.78 is 5.67. The monoisotopic (exact) mass is 362 g/mol. The van der Waals surface area contributed by atoms with Crippen molar-refractivity contribution in [1.82, 2.24) is 0 Å². The van der Waals surface area contributed by atoms with E-state index in [1.54, 1.807) is 0 Å². The maximum atomic E-state index is 11.5. The van der Waals surface area contributed by atoms with E-state index in [1.807, 2.05) is 6.92 Å². The first-order valence-electron chi connectivity index (χ1n) is 9.73. The van der Waals surface area contributed by atoms with Crippen LogP contribution in [-0.2, 0) is 14.3 Å². The van der Waals surface area contributed by atoms with Crippen LogP contribution in [0.25, 0.3) is 0 Å². The molecular weight excluding hydrogens is 328 g/mol. The largest absolute Gasteiger partial charge is 0.478 e. The Kier molecular flexibility index (Phi) is 6.04. The van der Waals surface area contributed by atoms with Gasteiger partial charge in [0, 0.05) is 18.4 Å². The molecule has 2 rings (SSSR count). The molecule has 0 radical (unpaired) electrons. The van der Waals surface area contributed by atoms with Crippen molar-refractivity contribution in [2.75, 3.05) is 0 Å². The molecule has 2 saturated carbocycles. The summed E-state index contributed by atoms with van der Waals surface area (Å²) in [5.41, 5.74) is 2.26. The molecule has 2 aliphatic carbocycles. The van der Waals surface area contributed by atoms with Gasteiger partial charge in [0.25, 0.3) is 0 Å². The van der Waals surface area contributed by atoms with Gasteiger partial charge in [0.05, 0.1) is 0 Å². The lowest BCUT2D eigenvalue weighted by molar-refractivity contribution is -0.174. The van der Waals surface area contributed by atoms with Gasteiger partial charge in [0.15, 0.2) is 0 Å². The molecule has 26 heavy (non-hydrogen) atoms. The van der Waals surface area contributed by atoms with E-state index in [1.165, 1.54) is 18.6 Å². The third-order valence-electron chi connectivity index (χ3n) is 7.02. The molecule has 0 aromatic heterocycles. The van der Waals surface area contributed by atoms with Gasteiger partial charge in [-0.25, -0.2) is 4.79 Å². The highest BCUT2D eigenvalue weighted by atomic mass is 16.5. The summed E-state index contributed by atoms with van der Waals surface area (Å²) >= 11 is 0. The fourth-order valence-electron chi connectivity index (χ4n) is 5.75. The lowest BCUT2D eigenvalue weighted by atomic mass is 9.46. The first-order valence-corrected chi connectivity index (χ1v) is 9.73. The Morgan fingerprint density at radius 2 is 1.92 bits per heavy atom. The standard InChI is InChI=1S/C22H34O4/c1-14(13-20(24)25)7-9-17-15(2)8-10-18-21(4,5)19(26-16(3)23)11-12-22(17,18)6/h13,17-19H,2,7-12H2,1,3-6H3,(H,24,25)/t17-,18-,19-,22+/m0/s1. The van der Waals surface area contributed by atoms with Crippen molar-refractivity contribution >= 4 is 11.9 Å². The smallest absolute Gasteiger partial charge is 0.328 e. The highest BCUT2D eigenvalue weighted by Gasteiger charge is 2.56. The molecule has 0 aromatic rings. The van der Waals surface area contributed by atoms with Crippen molar-refractivity contribution in [3.8, 4) is 0 Å². The van der Waals surface area contributed by atoms with Gasteiger partial charge in [-0.05, 0) is 62.7 Å². The quantitative estimate of drug-likeness (QED) is 0.418. The fourth-order valence-corrected chi connectivity index (χ4v) is 5.75. The highest BCUT2D eigenvalue weighted by Crippen LogP contribution is 2.62. The van der Waals surface area contributed by atoms with Crippen LogP contribution in [0.5, 0.6) is 0 Å². The summed E-state index contributed by atoms with van der Waals surface area (Å²) in [6.07, 6.45) is 6.99. The van der Waals surface area contributed by atoms with Crippen molar-refractivity contribution in [2.45, 2.75) is 79.2 Å². The summed E-state index contributed by atoms with van der Waals surface area (Å²) in [4.78, 5) is 22.4. The molecule has 0 heterocycles. The number of allylic oxidation sites excluding steroid dienone is 2. The third kappa shape index (κ3) is 4.05. The average molecular weight is 363 g/mol. The zero-order valence-corrected chi connectivity index (χ0v) is 16.9. The van der Waals surface area contributed by atoms with Gasteiger partial charge >= 0.3 is 11.9 Å². The van der Waals surface area contributed by atoms with E-state index >= 15 is 0 Å². The Labute approximate surface area is 157 Å². The Morgan fingerprint density at radius 1 is 1.27 bits per heavy atom. The summed E-state index contributed by atoms with van der Waals surface area (Å²) in [7, 11) is 0. The maximum absolute atomic E-state index is 11.5. The van der Waals surface area contributed by atoms with Crippen molar-refractivity contribution < 1.29 is 19.4 Å². The molecular formula is C22H34O4. The molecule has 0 aliphatic heterocycles. The zero-order valence-electron chi connectivity index (χ0n) is 16.9. The third-order valence-corrected chi connectivity index (χ3v) is 7.02. The summed E-state index contributed by atoms with van der Waals surface area (Å²) in [6, 6.07) is 0. The number of hydrogen-bond donors (Lipinski definition) is 1. The molecule has 0 spiro atoms. The van der Waals surface area contributed by atoms with Crippen LogP contribution in [0.1, 0.15) is 73.1 Å². The molecule has 4 atom stereocenters. The van der Waals surface area contributed by atoms with E-state index in [2.05, 4.69) is 27.4 Å². The maximum Gasteiger partial charge on any atom is 0.328 e. The number of esters is 1. The van der Waals surface area contributed by atoms with E-state index in [9.17, 15) is 9.59 Å². The number of carbonyl (C=O) groups is 2. The zero-order chi connectivity index (χ0) is 19.7. The predicted octanol–water partition coefficient (Wildman–Crippen LogP) is 5.14. The van der Waals surface area contributed by atoms with Crippen LogP contribution in [0, 0.1) is 22.7 Å². The second kappa shape index (κ2) is 7.58. The van der Waals surface area contributed by atoms with E-state index in [0.717, 1.165) is 44.1 Å².